The Morgan fingerprint density at radius 2 is 2.15 bits per heavy atom. The van der Waals surface area contributed by atoms with E-state index in [4.69, 9.17) is 0 Å². The number of hydrogen-bond acceptors (Lipinski definition) is 3. The fourth-order valence-corrected chi connectivity index (χ4v) is 3.12. The van der Waals surface area contributed by atoms with Crippen LogP contribution in [0.3, 0.4) is 0 Å². The Morgan fingerprint density at radius 3 is 2.85 bits per heavy atom. The minimum Gasteiger partial charge on any atom is -0.346 e. The number of carbonyl (C=O) groups is 1. The molecule has 2 N–H and O–H groups in total. The second kappa shape index (κ2) is 6.86. The predicted octanol–water partition coefficient (Wildman–Crippen LogP) is 2.70. The molecule has 1 heterocycles. The number of nitrogens with zero attached hydrogens (tertiary/aromatic N) is 2. The number of amides is 1. The van der Waals surface area contributed by atoms with Gasteiger partial charge >= 0.3 is 0 Å². The second-order valence-electron chi connectivity index (χ2n) is 6.13. The Morgan fingerprint density at radius 1 is 1.40 bits per heavy atom. The summed E-state index contributed by atoms with van der Waals surface area (Å²) >= 11 is 0. The molecule has 1 aromatic heterocycles. The van der Waals surface area contributed by atoms with Gasteiger partial charge in [0.05, 0.1) is 0 Å². The van der Waals surface area contributed by atoms with E-state index in [0.717, 1.165) is 25.1 Å². The predicted molar refractivity (Wildman–Crippen MR) is 78.4 cm³/mol. The SMILES string of the molecule is CCCc1nc(C(=O)NC2CCCCC2C(C)C)n[nH]1. The Balaban J connectivity index is 1.98. The molecule has 2 rings (SSSR count). The van der Waals surface area contributed by atoms with Crippen molar-refractivity contribution >= 4 is 5.91 Å². The highest BCUT2D eigenvalue weighted by atomic mass is 16.2. The quantitative estimate of drug-likeness (QED) is 0.870. The number of aromatic amines is 1. The third-order valence-electron chi connectivity index (χ3n) is 4.21. The van der Waals surface area contributed by atoms with Crippen LogP contribution in [0.5, 0.6) is 0 Å². The molecule has 0 aliphatic heterocycles. The van der Waals surface area contributed by atoms with Crippen LogP contribution < -0.4 is 5.32 Å². The number of aryl methyl sites for hydroxylation is 1. The summed E-state index contributed by atoms with van der Waals surface area (Å²) in [5.41, 5.74) is 0. The number of nitrogens with one attached hydrogen (secondary N) is 2. The summed E-state index contributed by atoms with van der Waals surface area (Å²) in [6, 6.07) is 0.268. The first kappa shape index (κ1) is 15.0. The molecule has 2 atom stereocenters. The molecule has 20 heavy (non-hydrogen) atoms. The molecule has 0 aromatic carbocycles. The molecule has 1 saturated carbocycles. The van der Waals surface area contributed by atoms with Crippen LogP contribution in [-0.2, 0) is 6.42 Å². The summed E-state index contributed by atoms with van der Waals surface area (Å²) in [7, 11) is 0. The van der Waals surface area contributed by atoms with Gasteiger partial charge in [-0.05, 0) is 31.1 Å². The lowest BCUT2D eigenvalue weighted by atomic mass is 9.78. The molecule has 1 aromatic rings. The first-order valence-electron chi connectivity index (χ1n) is 7.84. The van der Waals surface area contributed by atoms with Crippen molar-refractivity contribution in [2.24, 2.45) is 11.8 Å². The van der Waals surface area contributed by atoms with E-state index in [-0.39, 0.29) is 17.8 Å². The van der Waals surface area contributed by atoms with Crippen LogP contribution in [-0.4, -0.2) is 27.1 Å². The number of rotatable bonds is 5. The molecule has 1 aliphatic carbocycles. The molecule has 1 amide bonds. The lowest BCUT2D eigenvalue weighted by Gasteiger charge is -2.34. The average molecular weight is 278 g/mol. The maximum atomic E-state index is 12.2. The van der Waals surface area contributed by atoms with Crippen molar-refractivity contribution in [2.75, 3.05) is 0 Å². The first-order chi connectivity index (χ1) is 9.61. The van der Waals surface area contributed by atoms with Gasteiger partial charge < -0.3 is 5.32 Å². The topological polar surface area (TPSA) is 70.7 Å². The van der Waals surface area contributed by atoms with Crippen LogP contribution in [0.25, 0.3) is 0 Å². The Labute approximate surface area is 120 Å². The molecule has 0 saturated heterocycles. The van der Waals surface area contributed by atoms with Gasteiger partial charge in [0.25, 0.3) is 5.91 Å². The Hall–Kier alpha value is -1.39. The summed E-state index contributed by atoms with van der Waals surface area (Å²) < 4.78 is 0. The lowest BCUT2D eigenvalue weighted by Crippen LogP contribution is -2.44. The number of H-pyrrole nitrogens is 1. The van der Waals surface area contributed by atoms with Gasteiger partial charge in [0.15, 0.2) is 0 Å². The van der Waals surface area contributed by atoms with Gasteiger partial charge in [-0.15, -0.1) is 5.10 Å². The molecule has 5 heteroatoms. The molecule has 112 valence electrons. The Kier molecular flexibility index (Phi) is 5.15. The van der Waals surface area contributed by atoms with Gasteiger partial charge in [-0.25, -0.2) is 4.98 Å². The maximum Gasteiger partial charge on any atom is 0.291 e. The smallest absolute Gasteiger partial charge is 0.291 e. The van der Waals surface area contributed by atoms with Crippen molar-refractivity contribution in [1.29, 1.82) is 0 Å². The summed E-state index contributed by atoms with van der Waals surface area (Å²) in [4.78, 5) is 16.5. The van der Waals surface area contributed by atoms with E-state index in [0.29, 0.717) is 11.8 Å². The number of hydrogen-bond donors (Lipinski definition) is 2. The van der Waals surface area contributed by atoms with Crippen LogP contribution >= 0.6 is 0 Å². The standard InChI is InChI=1S/C15H26N4O/c1-4-7-13-17-14(19-18-13)15(20)16-12-9-6-5-8-11(12)10(2)3/h10-12H,4-9H2,1-3H3,(H,16,20)(H,17,18,19). The van der Waals surface area contributed by atoms with Crippen molar-refractivity contribution in [3.8, 4) is 0 Å². The van der Waals surface area contributed by atoms with Gasteiger partial charge in [0.2, 0.25) is 5.82 Å². The van der Waals surface area contributed by atoms with Crippen molar-refractivity contribution in [3.63, 3.8) is 0 Å². The van der Waals surface area contributed by atoms with Crippen LogP contribution in [0.15, 0.2) is 0 Å². The minimum absolute atomic E-state index is 0.138. The lowest BCUT2D eigenvalue weighted by molar-refractivity contribution is 0.0879. The first-order valence-corrected chi connectivity index (χ1v) is 7.84. The van der Waals surface area contributed by atoms with E-state index < -0.39 is 0 Å². The molecule has 0 bridgehead atoms. The zero-order valence-corrected chi connectivity index (χ0v) is 12.8. The fourth-order valence-electron chi connectivity index (χ4n) is 3.12. The highest BCUT2D eigenvalue weighted by Crippen LogP contribution is 2.30. The summed E-state index contributed by atoms with van der Waals surface area (Å²) in [6.07, 6.45) is 6.57. The Bertz CT molecular complexity index is 441. The minimum atomic E-state index is -0.138. The average Bonchev–Trinajstić information content (AvgIpc) is 2.88. The maximum absolute atomic E-state index is 12.2. The molecule has 5 nitrogen and oxygen atoms in total. The number of carbonyl (C=O) groups excluding carboxylic acids is 1. The van der Waals surface area contributed by atoms with Crippen LogP contribution in [0.1, 0.15) is 69.3 Å². The van der Waals surface area contributed by atoms with Crippen molar-refractivity contribution in [2.45, 2.75) is 65.3 Å². The van der Waals surface area contributed by atoms with Gasteiger partial charge in [-0.1, -0.05) is 33.6 Å². The van der Waals surface area contributed by atoms with E-state index >= 15 is 0 Å². The summed E-state index contributed by atoms with van der Waals surface area (Å²) in [5.74, 6) is 2.11. The normalized spacial score (nSPS) is 23.0. The molecule has 0 radical (unpaired) electrons. The van der Waals surface area contributed by atoms with Gasteiger partial charge in [-0.2, -0.15) is 0 Å². The molecule has 1 fully saturated rings. The molecule has 0 spiro atoms. The van der Waals surface area contributed by atoms with E-state index in [1.807, 2.05) is 0 Å². The van der Waals surface area contributed by atoms with E-state index in [1.54, 1.807) is 0 Å². The fraction of sp³-hybridized carbons (Fsp3) is 0.800. The zero-order valence-electron chi connectivity index (χ0n) is 12.8. The summed E-state index contributed by atoms with van der Waals surface area (Å²) in [5, 5.41) is 10.00. The molecule has 1 aliphatic rings. The van der Waals surface area contributed by atoms with Crippen LogP contribution in [0.2, 0.25) is 0 Å². The summed E-state index contributed by atoms with van der Waals surface area (Å²) in [6.45, 7) is 6.56. The van der Waals surface area contributed by atoms with Crippen molar-refractivity contribution < 1.29 is 4.79 Å². The third kappa shape index (κ3) is 3.58. The monoisotopic (exact) mass is 278 g/mol. The van der Waals surface area contributed by atoms with Crippen molar-refractivity contribution in [3.05, 3.63) is 11.6 Å². The van der Waals surface area contributed by atoms with E-state index in [2.05, 4.69) is 41.3 Å². The molecule has 2 unspecified atom stereocenters. The second-order valence-corrected chi connectivity index (χ2v) is 6.13. The highest BCUT2D eigenvalue weighted by Gasteiger charge is 2.29. The third-order valence-corrected chi connectivity index (χ3v) is 4.21. The van der Waals surface area contributed by atoms with Gasteiger partial charge in [0, 0.05) is 12.5 Å². The van der Waals surface area contributed by atoms with Crippen LogP contribution in [0.4, 0.5) is 0 Å². The number of aromatic nitrogens is 3. The largest absolute Gasteiger partial charge is 0.346 e. The van der Waals surface area contributed by atoms with Crippen molar-refractivity contribution in [1.82, 2.24) is 20.5 Å². The highest BCUT2D eigenvalue weighted by molar-refractivity contribution is 5.90. The molecular formula is C15H26N4O. The zero-order chi connectivity index (χ0) is 14.5. The van der Waals surface area contributed by atoms with E-state index in [9.17, 15) is 4.79 Å². The molecular weight excluding hydrogens is 252 g/mol. The van der Waals surface area contributed by atoms with Gasteiger partial charge in [0.1, 0.15) is 5.82 Å². The van der Waals surface area contributed by atoms with Gasteiger partial charge in [-0.3, -0.25) is 9.89 Å². The van der Waals surface area contributed by atoms with Crippen LogP contribution in [0, 0.1) is 11.8 Å². The van der Waals surface area contributed by atoms with E-state index in [1.165, 1.54) is 19.3 Å².